The Bertz CT molecular complexity index is 412. The van der Waals surface area contributed by atoms with Crippen LogP contribution in [0.1, 0.15) is 17.5 Å². The first-order valence-electron chi connectivity index (χ1n) is 4.45. The van der Waals surface area contributed by atoms with Crippen LogP contribution in [0.5, 0.6) is 0 Å². The minimum absolute atomic E-state index is 0.148. The zero-order valence-electron chi connectivity index (χ0n) is 7.53. The van der Waals surface area contributed by atoms with E-state index in [4.69, 9.17) is 0 Å². The van der Waals surface area contributed by atoms with Crippen molar-refractivity contribution < 1.29 is 9.72 Å². The molecule has 0 heterocycles. The number of hydrogen-bond acceptors (Lipinski definition) is 3. The van der Waals surface area contributed by atoms with Crippen molar-refractivity contribution in [1.82, 2.24) is 0 Å². The molecule has 0 spiro atoms. The van der Waals surface area contributed by atoms with Gasteiger partial charge in [0.05, 0.1) is 4.92 Å². The first-order chi connectivity index (χ1) is 6.68. The lowest BCUT2D eigenvalue weighted by molar-refractivity contribution is -0.385. The molecule has 0 bridgehead atoms. The predicted molar refractivity (Wildman–Crippen MR) is 50.1 cm³/mol. The second kappa shape index (κ2) is 3.21. The van der Waals surface area contributed by atoms with E-state index < -0.39 is 0 Å². The topological polar surface area (TPSA) is 60.2 Å². The number of nitro benzene ring substituents is 1. The number of ketones is 1. The van der Waals surface area contributed by atoms with Crippen molar-refractivity contribution in [1.29, 1.82) is 0 Å². The second-order valence-corrected chi connectivity index (χ2v) is 3.39. The van der Waals surface area contributed by atoms with Crippen LogP contribution in [0, 0.1) is 10.1 Å². The van der Waals surface area contributed by atoms with E-state index in [0.29, 0.717) is 19.3 Å². The molecule has 1 aromatic rings. The Balaban J connectivity index is 2.52. The number of carbonyl (C=O) groups excluding carboxylic acids is 1. The summed E-state index contributed by atoms with van der Waals surface area (Å²) in [5, 5.41) is 10.7. The molecular weight excluding hydrogens is 182 g/mol. The monoisotopic (exact) mass is 191 g/mol. The first-order valence-corrected chi connectivity index (χ1v) is 4.45. The number of rotatable bonds is 1. The molecule has 0 fully saturated rings. The third kappa shape index (κ3) is 1.39. The molecule has 0 saturated carbocycles. The van der Waals surface area contributed by atoms with Crippen LogP contribution >= 0.6 is 0 Å². The van der Waals surface area contributed by atoms with Gasteiger partial charge in [0, 0.05) is 24.5 Å². The van der Waals surface area contributed by atoms with Crippen LogP contribution in [0.2, 0.25) is 0 Å². The minimum Gasteiger partial charge on any atom is -0.299 e. The standard InChI is InChI=1S/C10H9NO3/c12-8-4-5-9-7(6-8)2-1-3-10(9)11(13)14/h1-3H,4-6H2. The molecule has 14 heavy (non-hydrogen) atoms. The van der Waals surface area contributed by atoms with Gasteiger partial charge in [-0.3, -0.25) is 14.9 Å². The predicted octanol–water partition coefficient (Wildman–Crippen LogP) is 1.65. The summed E-state index contributed by atoms with van der Waals surface area (Å²) in [6, 6.07) is 4.92. The van der Waals surface area contributed by atoms with E-state index >= 15 is 0 Å². The fourth-order valence-corrected chi connectivity index (χ4v) is 1.81. The molecule has 0 atom stereocenters. The highest BCUT2D eigenvalue weighted by atomic mass is 16.6. The third-order valence-corrected chi connectivity index (χ3v) is 2.49. The average Bonchev–Trinajstić information content (AvgIpc) is 2.16. The Kier molecular flexibility index (Phi) is 2.04. The molecule has 0 N–H and O–H groups in total. The van der Waals surface area contributed by atoms with Crippen LogP contribution in [-0.2, 0) is 17.6 Å². The first kappa shape index (κ1) is 8.87. The maximum atomic E-state index is 11.1. The Morgan fingerprint density at radius 2 is 2.07 bits per heavy atom. The smallest absolute Gasteiger partial charge is 0.272 e. The van der Waals surface area contributed by atoms with Crippen LogP contribution in [-0.4, -0.2) is 10.7 Å². The van der Waals surface area contributed by atoms with Crippen LogP contribution in [0.15, 0.2) is 18.2 Å². The molecule has 0 aromatic heterocycles. The lowest BCUT2D eigenvalue weighted by atomic mass is 9.90. The fraction of sp³-hybridized carbons (Fsp3) is 0.300. The summed E-state index contributed by atoms with van der Waals surface area (Å²) in [6.45, 7) is 0. The number of hydrogen-bond donors (Lipinski definition) is 0. The molecule has 0 unspecified atom stereocenters. The molecule has 1 aromatic carbocycles. The van der Waals surface area contributed by atoms with Gasteiger partial charge in [0.15, 0.2) is 0 Å². The van der Waals surface area contributed by atoms with E-state index in [1.807, 2.05) is 0 Å². The van der Waals surface area contributed by atoms with Crippen molar-refractivity contribution in [2.75, 3.05) is 0 Å². The largest absolute Gasteiger partial charge is 0.299 e. The minimum atomic E-state index is -0.380. The Morgan fingerprint density at radius 1 is 1.29 bits per heavy atom. The van der Waals surface area contributed by atoms with Gasteiger partial charge in [-0.05, 0) is 12.0 Å². The highest BCUT2D eigenvalue weighted by Crippen LogP contribution is 2.27. The van der Waals surface area contributed by atoms with E-state index in [2.05, 4.69) is 0 Å². The summed E-state index contributed by atoms with van der Waals surface area (Å²) in [7, 11) is 0. The fourth-order valence-electron chi connectivity index (χ4n) is 1.81. The molecule has 2 rings (SSSR count). The van der Waals surface area contributed by atoms with Gasteiger partial charge in [-0.2, -0.15) is 0 Å². The van der Waals surface area contributed by atoms with Gasteiger partial charge in [-0.1, -0.05) is 12.1 Å². The van der Waals surface area contributed by atoms with E-state index in [1.165, 1.54) is 6.07 Å². The number of benzene rings is 1. The number of carbonyl (C=O) groups is 1. The van der Waals surface area contributed by atoms with E-state index in [9.17, 15) is 14.9 Å². The molecule has 72 valence electrons. The maximum absolute atomic E-state index is 11.1. The molecule has 4 heteroatoms. The number of fused-ring (bicyclic) bond motifs is 1. The summed E-state index contributed by atoms with van der Waals surface area (Å²) in [4.78, 5) is 21.4. The van der Waals surface area contributed by atoms with Gasteiger partial charge in [0.25, 0.3) is 5.69 Å². The van der Waals surface area contributed by atoms with E-state index in [-0.39, 0.29) is 16.4 Å². The van der Waals surface area contributed by atoms with Crippen LogP contribution in [0.25, 0.3) is 0 Å². The zero-order valence-corrected chi connectivity index (χ0v) is 7.53. The summed E-state index contributed by atoms with van der Waals surface area (Å²) >= 11 is 0. The van der Waals surface area contributed by atoms with Gasteiger partial charge in [-0.25, -0.2) is 0 Å². The summed E-state index contributed by atoms with van der Waals surface area (Å²) in [5.74, 6) is 0.165. The second-order valence-electron chi connectivity index (χ2n) is 3.39. The van der Waals surface area contributed by atoms with E-state index in [0.717, 1.165) is 11.1 Å². The van der Waals surface area contributed by atoms with Gasteiger partial charge in [-0.15, -0.1) is 0 Å². The van der Waals surface area contributed by atoms with Crippen molar-refractivity contribution in [2.24, 2.45) is 0 Å². The van der Waals surface area contributed by atoms with Crippen LogP contribution < -0.4 is 0 Å². The Labute approximate surface area is 80.7 Å². The molecule has 1 aliphatic carbocycles. The maximum Gasteiger partial charge on any atom is 0.272 e. The van der Waals surface area contributed by atoms with Gasteiger partial charge in [0.2, 0.25) is 0 Å². The molecular formula is C10H9NO3. The Morgan fingerprint density at radius 3 is 2.79 bits per heavy atom. The third-order valence-electron chi connectivity index (χ3n) is 2.49. The van der Waals surface area contributed by atoms with Gasteiger partial charge >= 0.3 is 0 Å². The van der Waals surface area contributed by atoms with Crippen molar-refractivity contribution in [2.45, 2.75) is 19.3 Å². The van der Waals surface area contributed by atoms with Crippen molar-refractivity contribution in [3.63, 3.8) is 0 Å². The van der Waals surface area contributed by atoms with Crippen molar-refractivity contribution in [3.05, 3.63) is 39.4 Å². The molecule has 1 aliphatic rings. The quantitative estimate of drug-likeness (QED) is 0.501. The van der Waals surface area contributed by atoms with Crippen molar-refractivity contribution >= 4 is 11.5 Å². The SMILES string of the molecule is O=C1CCc2c(cccc2[N+](=O)[O-])C1. The Hall–Kier alpha value is -1.71. The van der Waals surface area contributed by atoms with Gasteiger partial charge in [0.1, 0.15) is 5.78 Å². The van der Waals surface area contributed by atoms with Crippen LogP contribution in [0.3, 0.4) is 0 Å². The molecule has 0 saturated heterocycles. The number of Topliss-reactive ketones (excluding diaryl/α,β-unsaturated/α-hetero) is 1. The molecule has 0 radical (unpaired) electrons. The van der Waals surface area contributed by atoms with Crippen molar-refractivity contribution in [3.8, 4) is 0 Å². The van der Waals surface area contributed by atoms with Crippen LogP contribution in [0.4, 0.5) is 5.69 Å². The van der Waals surface area contributed by atoms with Gasteiger partial charge < -0.3 is 0 Å². The van der Waals surface area contributed by atoms with E-state index in [1.54, 1.807) is 12.1 Å². The molecule has 0 amide bonds. The summed E-state index contributed by atoms with van der Waals surface area (Å²) in [6.07, 6.45) is 1.28. The zero-order chi connectivity index (χ0) is 10.1. The lowest BCUT2D eigenvalue weighted by Crippen LogP contribution is -2.14. The molecule has 0 aliphatic heterocycles. The number of nitro groups is 1. The highest BCUT2D eigenvalue weighted by molar-refractivity contribution is 5.83. The summed E-state index contributed by atoms with van der Waals surface area (Å²) < 4.78 is 0. The highest BCUT2D eigenvalue weighted by Gasteiger charge is 2.22. The average molecular weight is 191 g/mol. The molecule has 4 nitrogen and oxygen atoms in total. The normalized spacial score (nSPS) is 15.0. The lowest BCUT2D eigenvalue weighted by Gasteiger charge is -2.13. The number of nitrogens with zero attached hydrogens (tertiary/aromatic N) is 1. The summed E-state index contributed by atoms with van der Waals surface area (Å²) in [5.41, 5.74) is 1.70.